The molecule has 0 bridgehead atoms. The largest absolute Gasteiger partial charge is 0.496 e. The van der Waals surface area contributed by atoms with Crippen molar-refractivity contribution in [2.24, 2.45) is 5.92 Å². The first-order valence-electron chi connectivity index (χ1n) is 8.65. The van der Waals surface area contributed by atoms with Gasteiger partial charge in [0.05, 0.1) is 19.9 Å². The molecule has 2 aromatic carbocycles. The molecule has 0 heterocycles. The summed E-state index contributed by atoms with van der Waals surface area (Å²) in [5.74, 6) is 0.567. The maximum atomic E-state index is 12.3. The van der Waals surface area contributed by atoms with Crippen LogP contribution in [-0.2, 0) is 9.59 Å². The summed E-state index contributed by atoms with van der Waals surface area (Å²) in [6.45, 7) is 3.62. The lowest BCUT2D eigenvalue weighted by molar-refractivity contribution is -0.119. The molecule has 0 saturated carbocycles. The van der Waals surface area contributed by atoms with Gasteiger partial charge in [0.15, 0.2) is 0 Å². The maximum Gasteiger partial charge on any atom is 0.248 e. The fourth-order valence-corrected chi connectivity index (χ4v) is 2.71. The molecule has 28 heavy (non-hydrogen) atoms. The molecular weight excluding hydrogens is 424 g/mol. The second-order valence-corrected chi connectivity index (χ2v) is 7.18. The number of amides is 2. The zero-order valence-corrected chi connectivity index (χ0v) is 17.8. The van der Waals surface area contributed by atoms with Crippen LogP contribution < -0.4 is 20.1 Å². The number of methoxy groups -OCH3 is 2. The van der Waals surface area contributed by atoms with Gasteiger partial charge in [0, 0.05) is 33.8 Å². The quantitative estimate of drug-likeness (QED) is 0.603. The van der Waals surface area contributed by atoms with E-state index in [1.54, 1.807) is 31.4 Å². The Hall–Kier alpha value is -2.80. The van der Waals surface area contributed by atoms with Crippen LogP contribution in [-0.4, -0.2) is 26.0 Å². The molecule has 7 heteroatoms. The Labute approximate surface area is 173 Å². The fourth-order valence-electron chi connectivity index (χ4n) is 2.33. The number of rotatable bonds is 7. The molecule has 2 amide bonds. The summed E-state index contributed by atoms with van der Waals surface area (Å²) in [7, 11) is 3.08. The third-order valence-corrected chi connectivity index (χ3v) is 4.35. The van der Waals surface area contributed by atoms with Crippen molar-refractivity contribution in [2.75, 3.05) is 24.9 Å². The van der Waals surface area contributed by atoms with Crippen molar-refractivity contribution in [3.8, 4) is 11.5 Å². The van der Waals surface area contributed by atoms with Crippen LogP contribution in [0.2, 0.25) is 0 Å². The smallest absolute Gasteiger partial charge is 0.248 e. The van der Waals surface area contributed by atoms with E-state index in [1.165, 1.54) is 13.2 Å². The molecule has 6 nitrogen and oxygen atoms in total. The Balaban J connectivity index is 2.11. The van der Waals surface area contributed by atoms with E-state index in [-0.39, 0.29) is 17.7 Å². The molecule has 0 unspecified atom stereocenters. The molecule has 0 aliphatic rings. The normalized spacial score (nSPS) is 10.8. The van der Waals surface area contributed by atoms with E-state index in [0.29, 0.717) is 22.9 Å². The standard InChI is InChI=1S/C21H23BrN2O4/c1-13(2)21(26)24-17-8-7-16(12-19(17)28-4)23-20(25)10-5-14-11-15(22)6-9-18(14)27-3/h5-13H,1-4H3,(H,23,25)(H,24,26). The molecule has 0 saturated heterocycles. The summed E-state index contributed by atoms with van der Waals surface area (Å²) >= 11 is 3.40. The van der Waals surface area contributed by atoms with E-state index in [0.717, 1.165) is 10.0 Å². The number of carbonyl (C=O) groups is 2. The van der Waals surface area contributed by atoms with Gasteiger partial charge in [0.25, 0.3) is 0 Å². The van der Waals surface area contributed by atoms with Crippen molar-refractivity contribution in [3.05, 3.63) is 52.5 Å². The monoisotopic (exact) mass is 446 g/mol. The molecule has 2 aromatic rings. The number of nitrogens with one attached hydrogen (secondary N) is 2. The third kappa shape index (κ3) is 5.85. The fraction of sp³-hybridized carbons (Fsp3) is 0.238. The Morgan fingerprint density at radius 3 is 2.36 bits per heavy atom. The molecule has 0 aromatic heterocycles. The number of anilines is 2. The molecule has 148 valence electrons. The predicted octanol–water partition coefficient (Wildman–Crippen LogP) is 4.71. The van der Waals surface area contributed by atoms with Gasteiger partial charge in [-0.3, -0.25) is 9.59 Å². The highest BCUT2D eigenvalue weighted by Gasteiger charge is 2.12. The van der Waals surface area contributed by atoms with E-state index >= 15 is 0 Å². The lowest BCUT2D eigenvalue weighted by atomic mass is 10.2. The molecule has 2 N–H and O–H groups in total. The van der Waals surface area contributed by atoms with E-state index in [2.05, 4.69) is 26.6 Å². The van der Waals surface area contributed by atoms with Crippen LogP contribution in [0.1, 0.15) is 19.4 Å². The minimum atomic E-state index is -0.303. The number of hydrogen-bond donors (Lipinski definition) is 2. The van der Waals surface area contributed by atoms with Gasteiger partial charge in [-0.1, -0.05) is 29.8 Å². The van der Waals surface area contributed by atoms with Crippen molar-refractivity contribution in [3.63, 3.8) is 0 Å². The summed E-state index contributed by atoms with van der Waals surface area (Å²) in [4.78, 5) is 24.1. The highest BCUT2D eigenvalue weighted by molar-refractivity contribution is 9.10. The third-order valence-electron chi connectivity index (χ3n) is 3.86. The van der Waals surface area contributed by atoms with Crippen LogP contribution in [0, 0.1) is 5.92 Å². The van der Waals surface area contributed by atoms with Gasteiger partial charge in [-0.15, -0.1) is 0 Å². The van der Waals surface area contributed by atoms with Gasteiger partial charge in [-0.05, 0) is 36.4 Å². The minimum Gasteiger partial charge on any atom is -0.496 e. The van der Waals surface area contributed by atoms with Gasteiger partial charge in [-0.2, -0.15) is 0 Å². The van der Waals surface area contributed by atoms with Gasteiger partial charge in [-0.25, -0.2) is 0 Å². The summed E-state index contributed by atoms with van der Waals surface area (Å²) in [6, 6.07) is 10.6. The topological polar surface area (TPSA) is 76.7 Å². The zero-order chi connectivity index (χ0) is 20.7. The highest BCUT2D eigenvalue weighted by atomic mass is 79.9. The molecular formula is C21H23BrN2O4. The molecule has 2 rings (SSSR count). The zero-order valence-electron chi connectivity index (χ0n) is 16.2. The average Bonchev–Trinajstić information content (AvgIpc) is 2.67. The maximum absolute atomic E-state index is 12.3. The van der Waals surface area contributed by atoms with E-state index in [4.69, 9.17) is 9.47 Å². The second-order valence-electron chi connectivity index (χ2n) is 6.27. The Bertz CT molecular complexity index is 894. The Morgan fingerprint density at radius 1 is 1.00 bits per heavy atom. The van der Waals surface area contributed by atoms with Gasteiger partial charge >= 0.3 is 0 Å². The van der Waals surface area contributed by atoms with Crippen LogP contribution in [0.3, 0.4) is 0 Å². The van der Waals surface area contributed by atoms with Crippen molar-refractivity contribution in [2.45, 2.75) is 13.8 Å². The van der Waals surface area contributed by atoms with Crippen molar-refractivity contribution < 1.29 is 19.1 Å². The minimum absolute atomic E-state index is 0.110. The van der Waals surface area contributed by atoms with Crippen molar-refractivity contribution >= 4 is 45.2 Å². The van der Waals surface area contributed by atoms with E-state index in [1.807, 2.05) is 32.0 Å². The number of benzene rings is 2. The van der Waals surface area contributed by atoms with Gasteiger partial charge in [0.1, 0.15) is 11.5 Å². The Kier molecular flexibility index (Phi) is 7.63. The van der Waals surface area contributed by atoms with Crippen LogP contribution >= 0.6 is 15.9 Å². The summed E-state index contributed by atoms with van der Waals surface area (Å²) < 4.78 is 11.5. The summed E-state index contributed by atoms with van der Waals surface area (Å²) in [5, 5.41) is 5.57. The number of ether oxygens (including phenoxy) is 2. The Morgan fingerprint density at radius 2 is 1.71 bits per heavy atom. The summed E-state index contributed by atoms with van der Waals surface area (Å²) in [6.07, 6.45) is 3.10. The molecule has 0 aliphatic heterocycles. The molecule has 0 radical (unpaired) electrons. The molecule has 0 spiro atoms. The number of halogens is 1. The van der Waals surface area contributed by atoms with Crippen LogP contribution in [0.5, 0.6) is 11.5 Å². The highest BCUT2D eigenvalue weighted by Crippen LogP contribution is 2.28. The second kappa shape index (κ2) is 9.94. The molecule has 0 aliphatic carbocycles. The first kappa shape index (κ1) is 21.5. The SMILES string of the molecule is COc1ccc(Br)cc1C=CC(=O)Nc1ccc(NC(=O)C(C)C)c(OC)c1. The lowest BCUT2D eigenvalue weighted by Crippen LogP contribution is -2.18. The van der Waals surface area contributed by atoms with E-state index in [9.17, 15) is 9.59 Å². The van der Waals surface area contributed by atoms with Crippen LogP contribution in [0.15, 0.2) is 46.9 Å². The van der Waals surface area contributed by atoms with Crippen molar-refractivity contribution in [1.82, 2.24) is 0 Å². The first-order valence-corrected chi connectivity index (χ1v) is 9.45. The predicted molar refractivity (Wildman–Crippen MR) is 115 cm³/mol. The van der Waals surface area contributed by atoms with Crippen LogP contribution in [0.4, 0.5) is 11.4 Å². The summed E-state index contributed by atoms with van der Waals surface area (Å²) in [5.41, 5.74) is 1.88. The van der Waals surface area contributed by atoms with E-state index < -0.39 is 0 Å². The lowest BCUT2D eigenvalue weighted by Gasteiger charge is -2.13. The average molecular weight is 447 g/mol. The number of carbonyl (C=O) groups excluding carboxylic acids is 2. The van der Waals surface area contributed by atoms with Gasteiger partial charge in [0.2, 0.25) is 11.8 Å². The first-order chi connectivity index (χ1) is 13.3. The molecule has 0 atom stereocenters. The van der Waals surface area contributed by atoms with Crippen molar-refractivity contribution in [1.29, 1.82) is 0 Å². The molecule has 0 fully saturated rings. The van der Waals surface area contributed by atoms with Gasteiger partial charge < -0.3 is 20.1 Å². The van der Waals surface area contributed by atoms with Crippen LogP contribution in [0.25, 0.3) is 6.08 Å². The number of hydrogen-bond acceptors (Lipinski definition) is 4.